The van der Waals surface area contributed by atoms with Crippen LogP contribution in [0.25, 0.3) is 0 Å². The monoisotopic (exact) mass is 258 g/mol. The summed E-state index contributed by atoms with van der Waals surface area (Å²) in [6.07, 6.45) is 7.43. The summed E-state index contributed by atoms with van der Waals surface area (Å²) in [7, 11) is 0. The molecule has 0 bridgehead atoms. The topological polar surface area (TPSA) is 23.8 Å². The van der Waals surface area contributed by atoms with Crippen molar-refractivity contribution in [3.8, 4) is 0 Å². The van der Waals surface area contributed by atoms with Gasteiger partial charge in [0.25, 0.3) is 0 Å². The number of hydrogen-bond donors (Lipinski definition) is 0. The first-order valence-corrected chi connectivity index (χ1v) is 8.22. The van der Waals surface area contributed by atoms with Gasteiger partial charge in [0.2, 0.25) is 0 Å². The highest BCUT2D eigenvalue weighted by molar-refractivity contribution is 7.99. The minimum atomic E-state index is 0.114. The third-order valence-corrected chi connectivity index (χ3v) is 4.07. The Kier molecular flexibility index (Phi) is 9.44. The summed E-state index contributed by atoms with van der Waals surface area (Å²) >= 11 is 1.85. The first-order valence-electron chi connectivity index (χ1n) is 7.18. The molecule has 0 fully saturated rings. The Balaban J connectivity index is 3.49. The lowest BCUT2D eigenvalue weighted by molar-refractivity contribution is 0.303. The second kappa shape index (κ2) is 9.27. The maximum Gasteiger partial charge on any atom is 0.0666 e. The Bertz CT molecular complexity index is 174. The van der Waals surface area contributed by atoms with Gasteiger partial charge in [-0.3, -0.25) is 0 Å². The Morgan fingerprint density at radius 3 is 2.29 bits per heavy atom. The van der Waals surface area contributed by atoms with Crippen molar-refractivity contribution < 1.29 is 0 Å². The van der Waals surface area contributed by atoms with E-state index in [1.807, 2.05) is 11.8 Å². The number of hydrogen-bond acceptors (Lipinski definition) is 1. The van der Waals surface area contributed by atoms with Crippen LogP contribution in [0, 0.1) is 11.3 Å². The number of unbranched alkanes of at least 4 members (excludes halogenated alkanes) is 2. The van der Waals surface area contributed by atoms with E-state index in [-0.39, 0.29) is 5.37 Å². The molecule has 0 heterocycles. The highest BCUT2D eigenvalue weighted by Gasteiger charge is 2.15. The molecular formula is C15H32NS. The molecule has 0 aromatic heterocycles. The number of rotatable bonds is 9. The highest BCUT2D eigenvalue weighted by Crippen LogP contribution is 2.27. The van der Waals surface area contributed by atoms with E-state index >= 15 is 0 Å². The van der Waals surface area contributed by atoms with Crippen molar-refractivity contribution in [3.63, 3.8) is 0 Å². The van der Waals surface area contributed by atoms with Gasteiger partial charge in [0, 0.05) is 0 Å². The van der Waals surface area contributed by atoms with Crippen molar-refractivity contribution >= 4 is 11.8 Å². The van der Waals surface area contributed by atoms with Crippen molar-refractivity contribution in [1.29, 1.82) is 0 Å². The van der Waals surface area contributed by atoms with E-state index in [1.165, 1.54) is 32.1 Å². The molecule has 0 spiro atoms. The van der Waals surface area contributed by atoms with Crippen molar-refractivity contribution in [2.75, 3.05) is 5.75 Å². The number of thioether (sulfide) groups is 1. The molecular weight excluding hydrogens is 226 g/mol. The molecule has 0 saturated heterocycles. The van der Waals surface area contributed by atoms with Gasteiger partial charge in [-0.25, -0.2) is 5.73 Å². The molecule has 0 aromatic carbocycles. The molecule has 0 aliphatic carbocycles. The molecule has 0 aromatic rings. The van der Waals surface area contributed by atoms with Gasteiger partial charge in [-0.15, -0.1) is 11.8 Å². The molecule has 17 heavy (non-hydrogen) atoms. The number of nitrogens with one attached hydrogen (secondary N) is 1. The normalized spacial score (nSPS) is 15.9. The Morgan fingerprint density at radius 1 is 1.12 bits per heavy atom. The summed E-state index contributed by atoms with van der Waals surface area (Å²) in [5.74, 6) is 1.96. The Hall–Kier alpha value is 0.310. The second-order valence-corrected chi connectivity index (χ2v) is 7.82. The predicted octanol–water partition coefficient (Wildman–Crippen LogP) is 5.37. The minimum absolute atomic E-state index is 0.114. The van der Waals surface area contributed by atoms with Gasteiger partial charge >= 0.3 is 0 Å². The molecule has 1 radical (unpaired) electrons. The van der Waals surface area contributed by atoms with Crippen LogP contribution >= 0.6 is 11.8 Å². The third-order valence-electron chi connectivity index (χ3n) is 2.96. The van der Waals surface area contributed by atoms with E-state index in [0.717, 1.165) is 18.1 Å². The van der Waals surface area contributed by atoms with Gasteiger partial charge in [0.1, 0.15) is 0 Å². The molecule has 1 nitrogen and oxygen atoms in total. The average molecular weight is 258 g/mol. The quantitative estimate of drug-likeness (QED) is 0.510. The summed E-state index contributed by atoms with van der Waals surface area (Å²) in [5.41, 5.74) is 8.39. The molecule has 2 unspecified atom stereocenters. The maximum absolute atomic E-state index is 7.94. The van der Waals surface area contributed by atoms with Crippen molar-refractivity contribution in [2.24, 2.45) is 11.3 Å². The van der Waals surface area contributed by atoms with E-state index in [9.17, 15) is 0 Å². The van der Waals surface area contributed by atoms with Crippen LogP contribution in [-0.2, 0) is 0 Å². The van der Waals surface area contributed by atoms with Crippen LogP contribution < -0.4 is 5.73 Å². The second-order valence-electron chi connectivity index (χ2n) is 6.51. The zero-order valence-corrected chi connectivity index (χ0v) is 13.3. The zero-order chi connectivity index (χ0) is 13.3. The van der Waals surface area contributed by atoms with E-state index in [4.69, 9.17) is 5.73 Å². The minimum Gasteiger partial charge on any atom is -0.244 e. The molecule has 0 aliphatic rings. The van der Waals surface area contributed by atoms with E-state index in [0.29, 0.717) is 5.41 Å². The first-order chi connectivity index (χ1) is 7.85. The summed E-state index contributed by atoms with van der Waals surface area (Å²) in [6, 6.07) is 0. The summed E-state index contributed by atoms with van der Waals surface area (Å²) < 4.78 is 0. The van der Waals surface area contributed by atoms with Crippen LogP contribution in [0.1, 0.15) is 73.1 Å². The fourth-order valence-corrected chi connectivity index (χ4v) is 3.38. The lowest BCUT2D eigenvalue weighted by atomic mass is 9.84. The summed E-state index contributed by atoms with van der Waals surface area (Å²) in [4.78, 5) is 0. The predicted molar refractivity (Wildman–Crippen MR) is 81.3 cm³/mol. The summed E-state index contributed by atoms with van der Waals surface area (Å²) in [6.45, 7) is 11.5. The van der Waals surface area contributed by atoms with Gasteiger partial charge in [-0.05, 0) is 36.3 Å². The fraction of sp³-hybridized carbons (Fsp3) is 1.00. The average Bonchev–Trinajstić information content (AvgIpc) is 2.15. The van der Waals surface area contributed by atoms with Crippen LogP contribution in [0.4, 0.5) is 0 Å². The maximum atomic E-state index is 7.94. The lowest BCUT2D eigenvalue weighted by Crippen LogP contribution is -2.12. The fourth-order valence-electron chi connectivity index (χ4n) is 2.22. The van der Waals surface area contributed by atoms with Crippen LogP contribution in [0.15, 0.2) is 0 Å². The molecule has 2 atom stereocenters. The standard InChI is InChI=1S/C15H32NS/c1-6-7-8-9-14(16)17-11-10-13(2)12-15(3,4)5/h13-14,16H,6-12H2,1-5H3. The van der Waals surface area contributed by atoms with Crippen LogP contribution in [0.3, 0.4) is 0 Å². The SMILES string of the molecule is CCCCCC([NH])SCCC(C)CC(C)(C)C. The zero-order valence-electron chi connectivity index (χ0n) is 12.5. The largest absolute Gasteiger partial charge is 0.244 e. The van der Waals surface area contributed by atoms with Crippen LogP contribution in [-0.4, -0.2) is 11.1 Å². The molecule has 0 aliphatic heterocycles. The van der Waals surface area contributed by atoms with E-state index in [1.54, 1.807) is 0 Å². The van der Waals surface area contributed by atoms with Crippen molar-refractivity contribution in [1.82, 2.24) is 5.73 Å². The van der Waals surface area contributed by atoms with E-state index in [2.05, 4.69) is 34.6 Å². The van der Waals surface area contributed by atoms with Crippen LogP contribution in [0.5, 0.6) is 0 Å². The molecule has 1 N–H and O–H groups in total. The summed E-state index contributed by atoms with van der Waals surface area (Å²) in [5, 5.41) is 0.114. The molecule has 0 amide bonds. The van der Waals surface area contributed by atoms with Gasteiger partial charge < -0.3 is 0 Å². The molecule has 103 valence electrons. The van der Waals surface area contributed by atoms with Crippen molar-refractivity contribution in [3.05, 3.63) is 0 Å². The smallest absolute Gasteiger partial charge is 0.0666 e. The molecule has 2 heteroatoms. The molecule has 0 rings (SSSR count). The Labute approximate surface area is 113 Å². The van der Waals surface area contributed by atoms with Crippen molar-refractivity contribution in [2.45, 2.75) is 78.5 Å². The van der Waals surface area contributed by atoms with Crippen LogP contribution in [0.2, 0.25) is 0 Å². The highest BCUT2D eigenvalue weighted by atomic mass is 32.2. The Morgan fingerprint density at radius 2 is 1.76 bits per heavy atom. The molecule has 0 saturated carbocycles. The van der Waals surface area contributed by atoms with Gasteiger partial charge in [0.05, 0.1) is 5.37 Å². The van der Waals surface area contributed by atoms with Gasteiger partial charge in [-0.1, -0.05) is 53.9 Å². The third kappa shape index (κ3) is 12.6. The van der Waals surface area contributed by atoms with Gasteiger partial charge in [0.15, 0.2) is 0 Å². The lowest BCUT2D eigenvalue weighted by Gasteiger charge is -2.23. The van der Waals surface area contributed by atoms with Gasteiger partial charge in [-0.2, -0.15) is 0 Å². The van der Waals surface area contributed by atoms with E-state index < -0.39 is 0 Å². The first kappa shape index (κ1) is 17.3.